The number of methoxy groups -OCH3 is 2. The molecule has 0 radical (unpaired) electrons. The van der Waals surface area contributed by atoms with Gasteiger partial charge in [-0.3, -0.25) is 13.9 Å². The first kappa shape index (κ1) is 33.2. The van der Waals surface area contributed by atoms with Gasteiger partial charge < -0.3 is 19.7 Å². The number of carbonyl (C=O) groups is 2. The summed E-state index contributed by atoms with van der Waals surface area (Å²) in [5, 5.41) is 3.27. The van der Waals surface area contributed by atoms with Crippen LogP contribution in [0.4, 0.5) is 5.69 Å². The van der Waals surface area contributed by atoms with Crippen molar-refractivity contribution in [1.29, 1.82) is 0 Å². The number of hydrogen-bond donors (Lipinski definition) is 1. The number of hydrogen-bond acceptors (Lipinski definition) is 6. The van der Waals surface area contributed by atoms with Gasteiger partial charge in [-0.1, -0.05) is 53.5 Å². The van der Waals surface area contributed by atoms with E-state index >= 15 is 0 Å². The monoisotopic (exact) mass is 679 g/mol. The molecule has 0 aromatic heterocycles. The fourth-order valence-corrected chi connectivity index (χ4v) is 6.11. The van der Waals surface area contributed by atoms with E-state index in [1.54, 1.807) is 19.1 Å². The molecular formula is C30H35BrClN3O6S. The van der Waals surface area contributed by atoms with Gasteiger partial charge in [-0.15, -0.1) is 0 Å². The molecule has 42 heavy (non-hydrogen) atoms. The molecule has 0 saturated carbocycles. The van der Waals surface area contributed by atoms with Crippen LogP contribution in [0.25, 0.3) is 0 Å². The van der Waals surface area contributed by atoms with E-state index in [9.17, 15) is 18.0 Å². The summed E-state index contributed by atoms with van der Waals surface area (Å²) < 4.78 is 40.5. The minimum Gasteiger partial charge on any atom is -0.493 e. The lowest BCUT2D eigenvalue weighted by Crippen LogP contribution is -2.51. The number of ether oxygens (including phenoxy) is 2. The molecule has 0 bridgehead atoms. The van der Waals surface area contributed by atoms with E-state index in [0.717, 1.165) is 14.3 Å². The van der Waals surface area contributed by atoms with Gasteiger partial charge in [-0.2, -0.15) is 0 Å². The Labute approximate surface area is 260 Å². The molecule has 12 heteroatoms. The molecule has 0 saturated heterocycles. The van der Waals surface area contributed by atoms with Crippen molar-refractivity contribution in [2.75, 3.05) is 31.6 Å². The van der Waals surface area contributed by atoms with Crippen LogP contribution >= 0.6 is 27.5 Å². The van der Waals surface area contributed by atoms with E-state index in [0.29, 0.717) is 17.3 Å². The normalized spacial score (nSPS) is 12.0. The van der Waals surface area contributed by atoms with Gasteiger partial charge in [0.15, 0.2) is 11.5 Å². The molecule has 9 nitrogen and oxygen atoms in total. The zero-order chi connectivity index (χ0) is 31.0. The summed E-state index contributed by atoms with van der Waals surface area (Å²) in [6.45, 7) is 5.51. The highest BCUT2D eigenvalue weighted by atomic mass is 79.9. The second kappa shape index (κ2) is 14.8. The van der Waals surface area contributed by atoms with Crippen LogP contribution < -0.4 is 19.1 Å². The van der Waals surface area contributed by atoms with E-state index in [2.05, 4.69) is 21.2 Å². The van der Waals surface area contributed by atoms with Crippen LogP contribution in [0.2, 0.25) is 5.02 Å². The zero-order valence-electron chi connectivity index (χ0n) is 24.1. The topological polar surface area (TPSA) is 105 Å². The smallest absolute Gasteiger partial charge is 0.264 e. The lowest BCUT2D eigenvalue weighted by molar-refractivity contribution is -0.139. The highest BCUT2D eigenvalue weighted by molar-refractivity contribution is 9.10. The van der Waals surface area contributed by atoms with E-state index in [1.807, 2.05) is 38.1 Å². The molecule has 0 aliphatic carbocycles. The maximum atomic E-state index is 14.1. The molecular weight excluding hydrogens is 646 g/mol. The molecule has 226 valence electrons. The quantitative estimate of drug-likeness (QED) is 0.256. The SMILES string of the molecule is COc1ccc(S(=O)(=O)N(CC(=O)N(Cc2cccc(Br)c2)[C@H](C)C(=O)NCC(C)C)c2ccc(Cl)cc2)cc1OC. The van der Waals surface area contributed by atoms with E-state index in [1.165, 1.54) is 49.5 Å². The zero-order valence-corrected chi connectivity index (χ0v) is 27.3. The minimum atomic E-state index is -4.30. The molecule has 3 aromatic rings. The van der Waals surface area contributed by atoms with Crippen molar-refractivity contribution in [3.8, 4) is 11.5 Å². The Hall–Kier alpha value is -3.28. The highest BCUT2D eigenvalue weighted by Crippen LogP contribution is 2.32. The Balaban J connectivity index is 2.05. The molecule has 0 spiro atoms. The summed E-state index contributed by atoms with van der Waals surface area (Å²) >= 11 is 9.53. The first-order chi connectivity index (χ1) is 19.9. The summed E-state index contributed by atoms with van der Waals surface area (Å²) in [6, 6.07) is 16.8. The van der Waals surface area contributed by atoms with Crippen LogP contribution in [0.15, 0.2) is 76.1 Å². The fourth-order valence-electron chi connectivity index (χ4n) is 4.11. The minimum absolute atomic E-state index is 0.0827. The van der Waals surface area contributed by atoms with Crippen LogP contribution in [-0.4, -0.2) is 58.5 Å². The number of benzene rings is 3. The van der Waals surface area contributed by atoms with E-state index in [4.69, 9.17) is 21.1 Å². The molecule has 1 N–H and O–H groups in total. The van der Waals surface area contributed by atoms with Crippen LogP contribution in [0, 0.1) is 5.92 Å². The van der Waals surface area contributed by atoms with Gasteiger partial charge in [0.1, 0.15) is 12.6 Å². The summed E-state index contributed by atoms with van der Waals surface area (Å²) in [7, 11) is -1.45. The molecule has 3 aromatic carbocycles. The number of rotatable bonds is 13. The van der Waals surface area contributed by atoms with E-state index in [-0.39, 0.29) is 34.7 Å². The predicted octanol–water partition coefficient (Wildman–Crippen LogP) is 5.50. The Morgan fingerprint density at radius 2 is 1.62 bits per heavy atom. The van der Waals surface area contributed by atoms with Crippen molar-refractivity contribution in [2.24, 2.45) is 5.92 Å². The average Bonchev–Trinajstić information content (AvgIpc) is 2.97. The third kappa shape index (κ3) is 8.39. The van der Waals surface area contributed by atoms with Gasteiger partial charge in [0.25, 0.3) is 10.0 Å². The van der Waals surface area contributed by atoms with Crippen LogP contribution in [0.3, 0.4) is 0 Å². The summed E-state index contributed by atoms with van der Waals surface area (Å²) in [5.41, 5.74) is 0.990. The molecule has 2 amide bonds. The van der Waals surface area contributed by atoms with Crippen molar-refractivity contribution >= 4 is 55.1 Å². The lowest BCUT2D eigenvalue weighted by atomic mass is 10.1. The molecule has 0 heterocycles. The van der Waals surface area contributed by atoms with Gasteiger partial charge in [0, 0.05) is 28.7 Å². The molecule has 0 unspecified atom stereocenters. The maximum Gasteiger partial charge on any atom is 0.264 e. The van der Waals surface area contributed by atoms with Crippen molar-refractivity contribution in [2.45, 2.75) is 38.3 Å². The number of amides is 2. The van der Waals surface area contributed by atoms with Gasteiger partial charge in [0.2, 0.25) is 11.8 Å². The van der Waals surface area contributed by atoms with Gasteiger partial charge in [-0.25, -0.2) is 8.42 Å². The second-order valence-electron chi connectivity index (χ2n) is 9.97. The van der Waals surface area contributed by atoms with Crippen LogP contribution in [0.5, 0.6) is 11.5 Å². The number of nitrogens with zero attached hydrogens (tertiary/aromatic N) is 2. The number of carbonyl (C=O) groups excluding carboxylic acids is 2. The highest BCUT2D eigenvalue weighted by Gasteiger charge is 2.33. The number of sulfonamides is 1. The van der Waals surface area contributed by atoms with E-state index < -0.39 is 28.5 Å². The first-order valence-corrected chi connectivity index (χ1v) is 15.8. The molecule has 0 aliphatic heterocycles. The number of halogens is 2. The first-order valence-electron chi connectivity index (χ1n) is 13.2. The largest absolute Gasteiger partial charge is 0.493 e. The van der Waals surface area contributed by atoms with Crippen LogP contribution in [0.1, 0.15) is 26.3 Å². The van der Waals surface area contributed by atoms with Crippen molar-refractivity contribution < 1.29 is 27.5 Å². The fraction of sp³-hybridized carbons (Fsp3) is 0.333. The van der Waals surface area contributed by atoms with Gasteiger partial charge in [-0.05, 0) is 66.9 Å². The summed E-state index contributed by atoms with van der Waals surface area (Å²) in [4.78, 5) is 28.4. The molecule has 0 fully saturated rings. The summed E-state index contributed by atoms with van der Waals surface area (Å²) in [5.74, 6) is -0.129. The Morgan fingerprint density at radius 3 is 2.21 bits per heavy atom. The Bertz CT molecular complexity index is 1500. The Morgan fingerprint density at radius 1 is 0.952 bits per heavy atom. The third-order valence-electron chi connectivity index (χ3n) is 6.43. The van der Waals surface area contributed by atoms with Crippen molar-refractivity contribution in [3.63, 3.8) is 0 Å². The standard InChI is InChI=1S/C30H35BrClN3O6S/c1-20(2)17-33-30(37)21(3)34(18-22-7-6-8-23(31)15-22)29(36)19-35(25-11-9-24(32)10-12-25)42(38,39)26-13-14-27(40-4)28(16-26)41-5/h6-16,20-21H,17-19H2,1-5H3,(H,33,37)/t21-/m1/s1. The Kier molecular flexibility index (Phi) is 11.7. The van der Waals surface area contributed by atoms with Crippen molar-refractivity contribution in [1.82, 2.24) is 10.2 Å². The molecule has 3 rings (SSSR count). The number of nitrogens with one attached hydrogen (secondary N) is 1. The van der Waals surface area contributed by atoms with Crippen LogP contribution in [-0.2, 0) is 26.2 Å². The summed E-state index contributed by atoms with van der Waals surface area (Å²) in [6.07, 6.45) is 0. The predicted molar refractivity (Wildman–Crippen MR) is 168 cm³/mol. The molecule has 0 aliphatic rings. The van der Waals surface area contributed by atoms with Gasteiger partial charge in [0.05, 0.1) is 24.8 Å². The van der Waals surface area contributed by atoms with Gasteiger partial charge >= 0.3 is 0 Å². The second-order valence-corrected chi connectivity index (χ2v) is 13.2. The molecule has 1 atom stereocenters. The lowest BCUT2D eigenvalue weighted by Gasteiger charge is -2.32. The average molecular weight is 681 g/mol. The number of anilines is 1. The third-order valence-corrected chi connectivity index (χ3v) is 8.95. The van der Waals surface area contributed by atoms with Crippen molar-refractivity contribution in [3.05, 3.63) is 81.8 Å². The maximum absolute atomic E-state index is 14.1.